The van der Waals surface area contributed by atoms with Gasteiger partial charge in [0.05, 0.1) is 28.9 Å². The Balaban J connectivity index is 1.46. The van der Waals surface area contributed by atoms with E-state index in [0.29, 0.717) is 27.7 Å². The molecule has 8 heteroatoms. The summed E-state index contributed by atoms with van der Waals surface area (Å²) in [5.41, 5.74) is 3.36. The molecule has 0 saturated carbocycles. The maximum Gasteiger partial charge on any atom is 0.257 e. The van der Waals surface area contributed by atoms with Crippen LogP contribution >= 0.6 is 11.6 Å². The molecule has 1 aliphatic rings. The highest BCUT2D eigenvalue weighted by molar-refractivity contribution is 6.33. The van der Waals surface area contributed by atoms with Gasteiger partial charge in [-0.25, -0.2) is 0 Å². The fourth-order valence-electron chi connectivity index (χ4n) is 4.26. The van der Waals surface area contributed by atoms with Crippen LogP contribution in [0.3, 0.4) is 0 Å². The Hall–Kier alpha value is -3.45. The first-order chi connectivity index (χ1) is 16.0. The Labute approximate surface area is 196 Å². The Morgan fingerprint density at radius 1 is 1.09 bits per heavy atom. The Bertz CT molecular complexity index is 1360. The van der Waals surface area contributed by atoms with E-state index in [-0.39, 0.29) is 5.91 Å². The molecule has 0 bridgehead atoms. The molecule has 3 heterocycles. The van der Waals surface area contributed by atoms with Crippen molar-refractivity contribution in [1.29, 1.82) is 0 Å². The molecule has 4 aromatic rings. The Morgan fingerprint density at radius 3 is 2.82 bits per heavy atom. The number of carbonyl (C=O) groups is 1. The van der Waals surface area contributed by atoms with E-state index in [1.54, 1.807) is 19.2 Å². The highest BCUT2D eigenvalue weighted by Crippen LogP contribution is 2.32. The quantitative estimate of drug-likeness (QED) is 0.437. The summed E-state index contributed by atoms with van der Waals surface area (Å²) in [7, 11) is 1.61. The van der Waals surface area contributed by atoms with Crippen molar-refractivity contribution in [2.75, 3.05) is 12.4 Å². The van der Waals surface area contributed by atoms with Gasteiger partial charge in [-0.15, -0.1) is 10.2 Å². The number of hydrogen-bond donors (Lipinski definition) is 1. The molecule has 0 radical (unpaired) electrons. The normalized spacial score (nSPS) is 13.4. The maximum atomic E-state index is 13.1. The minimum atomic E-state index is -0.238. The van der Waals surface area contributed by atoms with E-state index in [1.807, 2.05) is 37.3 Å². The zero-order valence-electron chi connectivity index (χ0n) is 18.6. The van der Waals surface area contributed by atoms with Crippen LogP contribution in [0.4, 0.5) is 5.69 Å². The van der Waals surface area contributed by atoms with Crippen LogP contribution in [0.5, 0.6) is 5.75 Å². The van der Waals surface area contributed by atoms with Gasteiger partial charge in [0.1, 0.15) is 11.6 Å². The topological polar surface area (TPSA) is 81.9 Å². The number of amides is 1. The fraction of sp³-hybridized carbons (Fsp3) is 0.280. The van der Waals surface area contributed by atoms with Crippen molar-refractivity contribution in [3.8, 4) is 17.1 Å². The molecule has 5 rings (SSSR count). The molecule has 33 heavy (non-hydrogen) atoms. The van der Waals surface area contributed by atoms with Gasteiger partial charge in [-0.2, -0.15) is 0 Å². The van der Waals surface area contributed by atoms with E-state index in [1.165, 1.54) is 6.42 Å². The number of aromatic nitrogens is 4. The molecule has 1 aliphatic heterocycles. The largest absolute Gasteiger partial charge is 0.497 e. The minimum absolute atomic E-state index is 0.238. The third-order valence-electron chi connectivity index (χ3n) is 6.03. The summed E-state index contributed by atoms with van der Waals surface area (Å²) in [5.74, 6) is 2.21. The molecule has 0 saturated heterocycles. The lowest BCUT2D eigenvalue weighted by molar-refractivity contribution is 0.102. The number of rotatable bonds is 4. The summed E-state index contributed by atoms with van der Waals surface area (Å²) in [4.78, 5) is 17.7. The van der Waals surface area contributed by atoms with Gasteiger partial charge in [-0.05, 0) is 62.2 Å². The van der Waals surface area contributed by atoms with E-state index < -0.39 is 0 Å². The van der Waals surface area contributed by atoms with E-state index in [0.717, 1.165) is 53.9 Å². The molecule has 0 unspecified atom stereocenters. The second-order valence-corrected chi connectivity index (χ2v) is 8.64. The number of hydrogen-bond acceptors (Lipinski definition) is 5. The number of pyridine rings is 1. The summed E-state index contributed by atoms with van der Waals surface area (Å²) in [6, 6.07) is 12.9. The lowest BCUT2D eigenvalue weighted by Crippen LogP contribution is -2.14. The summed E-state index contributed by atoms with van der Waals surface area (Å²) < 4.78 is 7.45. The number of benzene rings is 2. The first-order valence-electron chi connectivity index (χ1n) is 11.0. The lowest BCUT2D eigenvalue weighted by Gasteiger charge is -2.12. The first kappa shape index (κ1) is 21.4. The number of anilines is 1. The van der Waals surface area contributed by atoms with Gasteiger partial charge in [0.25, 0.3) is 5.91 Å². The SMILES string of the molecule is COc1ccc2nc(C)c(C(=O)Nc3ccc(Cl)c(-c4nnc5n4CCCCC5)c3)cc2c1. The molecular weight excluding hydrogens is 438 g/mol. The molecular formula is C25H24ClN5O2. The summed E-state index contributed by atoms with van der Waals surface area (Å²) in [6.45, 7) is 2.70. The van der Waals surface area contributed by atoms with Gasteiger partial charge in [0, 0.05) is 29.6 Å². The summed E-state index contributed by atoms with van der Waals surface area (Å²) in [6.07, 6.45) is 4.30. The monoisotopic (exact) mass is 461 g/mol. The van der Waals surface area contributed by atoms with Crippen molar-refractivity contribution in [3.05, 3.63) is 64.6 Å². The molecule has 2 aromatic carbocycles. The Morgan fingerprint density at radius 2 is 1.97 bits per heavy atom. The highest BCUT2D eigenvalue weighted by atomic mass is 35.5. The van der Waals surface area contributed by atoms with Crippen molar-refractivity contribution in [2.45, 2.75) is 39.2 Å². The third-order valence-corrected chi connectivity index (χ3v) is 6.36. The first-order valence-corrected chi connectivity index (χ1v) is 11.4. The zero-order chi connectivity index (χ0) is 22.9. The van der Waals surface area contributed by atoms with Crippen LogP contribution < -0.4 is 10.1 Å². The van der Waals surface area contributed by atoms with E-state index in [2.05, 4.69) is 25.1 Å². The van der Waals surface area contributed by atoms with Crippen molar-refractivity contribution in [2.24, 2.45) is 0 Å². The van der Waals surface area contributed by atoms with Crippen LogP contribution in [0, 0.1) is 6.92 Å². The van der Waals surface area contributed by atoms with Gasteiger partial charge in [-0.1, -0.05) is 18.0 Å². The highest BCUT2D eigenvalue weighted by Gasteiger charge is 2.19. The number of fused-ring (bicyclic) bond motifs is 2. The van der Waals surface area contributed by atoms with E-state index in [4.69, 9.17) is 16.3 Å². The molecule has 0 spiro atoms. The van der Waals surface area contributed by atoms with Gasteiger partial charge in [0.2, 0.25) is 0 Å². The molecule has 1 N–H and O–H groups in total. The van der Waals surface area contributed by atoms with Gasteiger partial charge in [0.15, 0.2) is 5.82 Å². The number of ether oxygens (including phenoxy) is 1. The number of methoxy groups -OCH3 is 1. The van der Waals surface area contributed by atoms with Gasteiger partial charge >= 0.3 is 0 Å². The Kier molecular flexibility index (Phi) is 5.72. The van der Waals surface area contributed by atoms with Crippen LogP contribution in [0.25, 0.3) is 22.3 Å². The predicted molar refractivity (Wildman–Crippen MR) is 129 cm³/mol. The molecule has 0 atom stereocenters. The van der Waals surface area contributed by atoms with Crippen LogP contribution in [-0.4, -0.2) is 32.8 Å². The van der Waals surface area contributed by atoms with Crippen LogP contribution in [0.1, 0.15) is 41.1 Å². The van der Waals surface area contributed by atoms with Crippen LogP contribution in [0.15, 0.2) is 42.5 Å². The second kappa shape index (κ2) is 8.83. The second-order valence-electron chi connectivity index (χ2n) is 8.23. The standard InChI is InChI=1S/C25H24ClN5O2/c1-15-19(13-16-12-18(33-2)8-10-22(16)27-15)25(32)28-17-7-9-21(26)20(14-17)24-30-29-23-6-4-3-5-11-31(23)24/h7-10,12-14H,3-6,11H2,1-2H3,(H,28,32). The molecule has 168 valence electrons. The number of nitrogens with one attached hydrogen (secondary N) is 1. The predicted octanol–water partition coefficient (Wildman–Crippen LogP) is 5.44. The fourth-order valence-corrected chi connectivity index (χ4v) is 4.47. The molecule has 1 amide bonds. The van der Waals surface area contributed by atoms with Crippen molar-refractivity contribution < 1.29 is 9.53 Å². The maximum absolute atomic E-state index is 13.1. The molecule has 2 aromatic heterocycles. The number of aryl methyl sites for hydroxylation is 2. The van der Waals surface area contributed by atoms with Crippen molar-refractivity contribution in [1.82, 2.24) is 19.7 Å². The van der Waals surface area contributed by atoms with Gasteiger partial charge < -0.3 is 14.6 Å². The smallest absolute Gasteiger partial charge is 0.257 e. The molecule has 0 fully saturated rings. The summed E-state index contributed by atoms with van der Waals surface area (Å²) in [5, 5.41) is 13.2. The van der Waals surface area contributed by atoms with E-state index >= 15 is 0 Å². The third kappa shape index (κ3) is 4.16. The number of carbonyl (C=O) groups excluding carboxylic acids is 1. The van der Waals surface area contributed by atoms with Crippen molar-refractivity contribution >= 4 is 34.1 Å². The molecule has 0 aliphatic carbocycles. The number of halogens is 1. The zero-order valence-corrected chi connectivity index (χ0v) is 19.3. The lowest BCUT2D eigenvalue weighted by atomic mass is 10.1. The number of nitrogens with zero attached hydrogens (tertiary/aromatic N) is 4. The van der Waals surface area contributed by atoms with Gasteiger partial charge in [-0.3, -0.25) is 9.78 Å². The van der Waals surface area contributed by atoms with Crippen molar-refractivity contribution in [3.63, 3.8) is 0 Å². The van der Waals surface area contributed by atoms with E-state index in [9.17, 15) is 4.79 Å². The molecule has 7 nitrogen and oxygen atoms in total. The van der Waals surface area contributed by atoms with Crippen LogP contribution in [0.2, 0.25) is 5.02 Å². The average molecular weight is 462 g/mol. The average Bonchev–Trinajstić information content (AvgIpc) is 3.06. The minimum Gasteiger partial charge on any atom is -0.497 e. The van der Waals surface area contributed by atoms with Crippen LogP contribution in [-0.2, 0) is 13.0 Å². The summed E-state index contributed by atoms with van der Waals surface area (Å²) >= 11 is 6.53.